The molecular formula is C16H31N3O. The summed E-state index contributed by atoms with van der Waals surface area (Å²) in [4.78, 5) is 4.24. The van der Waals surface area contributed by atoms with E-state index >= 15 is 0 Å². The molecule has 1 aromatic rings. The number of aromatic nitrogens is 3. The molecule has 0 aliphatic heterocycles. The summed E-state index contributed by atoms with van der Waals surface area (Å²) in [6.45, 7) is 5.26. The van der Waals surface area contributed by atoms with Crippen LogP contribution in [-0.4, -0.2) is 26.0 Å². The fourth-order valence-electron chi connectivity index (χ4n) is 2.49. The van der Waals surface area contributed by atoms with Crippen LogP contribution in [0, 0.1) is 0 Å². The van der Waals surface area contributed by atoms with Crippen LogP contribution in [0.25, 0.3) is 0 Å². The maximum absolute atomic E-state index is 10.1. The Hall–Kier alpha value is -0.900. The lowest BCUT2D eigenvalue weighted by atomic mass is 10.0. The largest absolute Gasteiger partial charge is 0.393 e. The Labute approximate surface area is 123 Å². The fraction of sp³-hybridized carbons (Fsp3) is 0.875. The van der Waals surface area contributed by atoms with Gasteiger partial charge in [0.1, 0.15) is 12.2 Å². The number of aryl methyl sites for hydroxylation is 1. The molecule has 1 rings (SSSR count). The van der Waals surface area contributed by atoms with Crippen LogP contribution in [-0.2, 0) is 13.0 Å². The number of aliphatic hydroxyl groups is 1. The van der Waals surface area contributed by atoms with Crippen molar-refractivity contribution in [1.82, 2.24) is 14.8 Å². The van der Waals surface area contributed by atoms with Gasteiger partial charge in [0.05, 0.1) is 6.10 Å². The highest BCUT2D eigenvalue weighted by Gasteiger charge is 2.10. The molecule has 0 saturated carbocycles. The van der Waals surface area contributed by atoms with E-state index in [1.165, 1.54) is 38.5 Å². The predicted molar refractivity (Wildman–Crippen MR) is 82.6 cm³/mol. The summed E-state index contributed by atoms with van der Waals surface area (Å²) in [6.07, 6.45) is 12.9. The molecule has 4 nitrogen and oxygen atoms in total. The number of aliphatic hydroxyl groups excluding tert-OH is 1. The Kier molecular flexibility index (Phi) is 9.29. The first-order valence-corrected chi connectivity index (χ1v) is 8.32. The summed E-state index contributed by atoms with van der Waals surface area (Å²) in [5, 5.41) is 14.3. The molecule has 4 heteroatoms. The summed E-state index contributed by atoms with van der Waals surface area (Å²) >= 11 is 0. The molecule has 1 unspecified atom stereocenters. The van der Waals surface area contributed by atoms with Gasteiger partial charge in [0.25, 0.3) is 0 Å². The van der Waals surface area contributed by atoms with Gasteiger partial charge in [-0.2, -0.15) is 5.10 Å². The van der Waals surface area contributed by atoms with Crippen LogP contribution in [0.5, 0.6) is 0 Å². The number of hydrogen-bond acceptors (Lipinski definition) is 3. The minimum absolute atomic E-state index is 0.273. The van der Waals surface area contributed by atoms with Gasteiger partial charge in [-0.05, 0) is 12.8 Å². The Morgan fingerprint density at radius 2 is 1.75 bits per heavy atom. The number of hydrogen-bond donors (Lipinski definition) is 1. The van der Waals surface area contributed by atoms with Crippen molar-refractivity contribution in [1.29, 1.82) is 0 Å². The van der Waals surface area contributed by atoms with Gasteiger partial charge in [-0.25, -0.2) is 4.98 Å². The van der Waals surface area contributed by atoms with Crippen LogP contribution >= 0.6 is 0 Å². The standard InChI is InChI=1S/C16H31N3O/c1-3-5-6-7-8-9-10-11-15(20)13-16-17-14-18-19(16)12-4-2/h14-15,20H,3-13H2,1-2H3. The lowest BCUT2D eigenvalue weighted by Crippen LogP contribution is -2.15. The third kappa shape index (κ3) is 7.04. The van der Waals surface area contributed by atoms with Crippen LogP contribution in [0.4, 0.5) is 0 Å². The zero-order valence-electron chi connectivity index (χ0n) is 13.2. The van der Waals surface area contributed by atoms with Gasteiger partial charge in [0.15, 0.2) is 0 Å². The SMILES string of the molecule is CCCCCCCCCC(O)Cc1ncnn1CCC. The van der Waals surface area contributed by atoms with Gasteiger partial charge in [-0.15, -0.1) is 0 Å². The molecule has 0 bridgehead atoms. The first kappa shape index (κ1) is 17.2. The van der Waals surface area contributed by atoms with Crippen molar-refractivity contribution in [2.24, 2.45) is 0 Å². The van der Waals surface area contributed by atoms with Gasteiger partial charge < -0.3 is 5.11 Å². The average Bonchev–Trinajstić information content (AvgIpc) is 2.85. The maximum atomic E-state index is 10.1. The zero-order chi connectivity index (χ0) is 14.6. The molecule has 1 heterocycles. The number of nitrogens with zero attached hydrogens (tertiary/aromatic N) is 3. The Morgan fingerprint density at radius 3 is 2.45 bits per heavy atom. The molecule has 116 valence electrons. The van der Waals surface area contributed by atoms with Crippen molar-refractivity contribution in [2.75, 3.05) is 0 Å². The zero-order valence-corrected chi connectivity index (χ0v) is 13.2. The molecule has 1 aromatic heterocycles. The first-order chi connectivity index (χ1) is 9.77. The Morgan fingerprint density at radius 1 is 1.05 bits per heavy atom. The van der Waals surface area contributed by atoms with E-state index in [1.807, 2.05) is 4.68 Å². The summed E-state index contributed by atoms with van der Waals surface area (Å²) in [6, 6.07) is 0. The molecule has 0 aromatic carbocycles. The van der Waals surface area contributed by atoms with E-state index in [-0.39, 0.29) is 6.10 Å². The minimum Gasteiger partial charge on any atom is -0.393 e. The van der Waals surface area contributed by atoms with Gasteiger partial charge in [0, 0.05) is 13.0 Å². The van der Waals surface area contributed by atoms with E-state index in [2.05, 4.69) is 23.9 Å². The number of unbranched alkanes of at least 4 members (excludes halogenated alkanes) is 6. The van der Waals surface area contributed by atoms with Crippen molar-refractivity contribution in [3.8, 4) is 0 Å². The van der Waals surface area contributed by atoms with Crippen molar-refractivity contribution in [3.05, 3.63) is 12.2 Å². The summed E-state index contributed by atoms with van der Waals surface area (Å²) in [5.41, 5.74) is 0. The normalized spacial score (nSPS) is 12.8. The minimum atomic E-state index is -0.273. The highest BCUT2D eigenvalue weighted by atomic mass is 16.3. The number of rotatable bonds is 12. The predicted octanol–water partition coefficient (Wildman–Crippen LogP) is 3.73. The van der Waals surface area contributed by atoms with E-state index in [0.29, 0.717) is 6.42 Å². The molecule has 0 aliphatic rings. The molecule has 20 heavy (non-hydrogen) atoms. The van der Waals surface area contributed by atoms with E-state index in [1.54, 1.807) is 6.33 Å². The van der Waals surface area contributed by atoms with Crippen molar-refractivity contribution in [2.45, 2.75) is 90.7 Å². The van der Waals surface area contributed by atoms with Crippen molar-refractivity contribution >= 4 is 0 Å². The summed E-state index contributed by atoms with van der Waals surface area (Å²) in [7, 11) is 0. The van der Waals surface area contributed by atoms with Crippen LogP contribution in [0.3, 0.4) is 0 Å². The molecule has 0 radical (unpaired) electrons. The van der Waals surface area contributed by atoms with Crippen molar-refractivity contribution < 1.29 is 5.11 Å². The maximum Gasteiger partial charge on any atom is 0.138 e. The average molecular weight is 281 g/mol. The quantitative estimate of drug-likeness (QED) is 0.594. The second kappa shape index (κ2) is 10.8. The van der Waals surface area contributed by atoms with E-state index in [9.17, 15) is 5.11 Å². The fourth-order valence-corrected chi connectivity index (χ4v) is 2.49. The molecule has 0 saturated heterocycles. The lowest BCUT2D eigenvalue weighted by Gasteiger charge is -2.11. The monoisotopic (exact) mass is 281 g/mol. The molecule has 0 fully saturated rings. The highest BCUT2D eigenvalue weighted by molar-refractivity contribution is 4.87. The molecular weight excluding hydrogens is 250 g/mol. The first-order valence-electron chi connectivity index (χ1n) is 8.32. The van der Waals surface area contributed by atoms with E-state index < -0.39 is 0 Å². The van der Waals surface area contributed by atoms with Gasteiger partial charge >= 0.3 is 0 Å². The molecule has 0 amide bonds. The Balaban J connectivity index is 2.10. The molecule has 1 atom stereocenters. The molecule has 1 N–H and O–H groups in total. The van der Waals surface area contributed by atoms with Gasteiger partial charge in [-0.3, -0.25) is 4.68 Å². The summed E-state index contributed by atoms with van der Waals surface area (Å²) < 4.78 is 1.91. The second-order valence-corrected chi connectivity index (χ2v) is 5.67. The third-order valence-electron chi connectivity index (χ3n) is 3.69. The van der Waals surface area contributed by atoms with Gasteiger partial charge in [0.2, 0.25) is 0 Å². The highest BCUT2D eigenvalue weighted by Crippen LogP contribution is 2.11. The molecule has 0 aliphatic carbocycles. The second-order valence-electron chi connectivity index (χ2n) is 5.67. The van der Waals surface area contributed by atoms with Gasteiger partial charge in [-0.1, -0.05) is 58.8 Å². The van der Waals surface area contributed by atoms with Crippen molar-refractivity contribution in [3.63, 3.8) is 0 Å². The van der Waals surface area contributed by atoms with Crippen LogP contribution in [0.1, 0.15) is 77.5 Å². The van der Waals surface area contributed by atoms with E-state index in [4.69, 9.17) is 0 Å². The molecule has 0 spiro atoms. The van der Waals surface area contributed by atoms with Crippen LogP contribution in [0.15, 0.2) is 6.33 Å². The lowest BCUT2D eigenvalue weighted by molar-refractivity contribution is 0.157. The van der Waals surface area contributed by atoms with Crippen LogP contribution < -0.4 is 0 Å². The smallest absolute Gasteiger partial charge is 0.138 e. The third-order valence-corrected chi connectivity index (χ3v) is 3.69. The Bertz CT molecular complexity index is 338. The van der Waals surface area contributed by atoms with E-state index in [0.717, 1.165) is 31.6 Å². The summed E-state index contributed by atoms with van der Waals surface area (Å²) in [5.74, 6) is 0.919. The van der Waals surface area contributed by atoms with Crippen LogP contribution in [0.2, 0.25) is 0 Å². The topological polar surface area (TPSA) is 50.9 Å².